The van der Waals surface area contributed by atoms with Gasteiger partial charge in [-0.15, -0.1) is 0 Å². The molecular formula is C14H11N3S. The number of aromatic nitrogens is 2. The van der Waals surface area contributed by atoms with Gasteiger partial charge in [-0.05, 0) is 30.3 Å². The van der Waals surface area contributed by atoms with Gasteiger partial charge in [-0.1, -0.05) is 30.4 Å². The summed E-state index contributed by atoms with van der Waals surface area (Å²) in [5, 5.41) is 5.51. The third-order valence-corrected chi connectivity index (χ3v) is 3.11. The fraction of sp³-hybridized carbons (Fsp3) is 0. The Balaban J connectivity index is 2.12. The van der Waals surface area contributed by atoms with Crippen LogP contribution in [0.15, 0.2) is 54.7 Å². The zero-order valence-electron chi connectivity index (χ0n) is 9.58. The van der Waals surface area contributed by atoms with Gasteiger partial charge in [-0.25, -0.2) is 4.68 Å². The van der Waals surface area contributed by atoms with Crippen molar-refractivity contribution in [3.8, 4) is 5.69 Å². The lowest BCUT2D eigenvalue weighted by molar-refractivity contribution is 0.910. The van der Waals surface area contributed by atoms with Crippen molar-refractivity contribution in [2.24, 2.45) is 5.73 Å². The van der Waals surface area contributed by atoms with Gasteiger partial charge in [-0.2, -0.15) is 5.10 Å². The monoisotopic (exact) mass is 253 g/mol. The third-order valence-electron chi connectivity index (χ3n) is 2.87. The van der Waals surface area contributed by atoms with E-state index in [4.69, 9.17) is 18.0 Å². The highest BCUT2D eigenvalue weighted by molar-refractivity contribution is 7.80. The second kappa shape index (κ2) is 4.23. The fourth-order valence-electron chi connectivity index (χ4n) is 1.94. The largest absolute Gasteiger partial charge is 0.389 e. The van der Waals surface area contributed by atoms with Gasteiger partial charge in [-0.3, -0.25) is 0 Å². The van der Waals surface area contributed by atoms with Gasteiger partial charge in [0.2, 0.25) is 0 Å². The molecule has 0 bridgehead atoms. The first-order chi connectivity index (χ1) is 8.75. The number of para-hydroxylation sites is 1. The first-order valence-electron chi connectivity index (χ1n) is 5.59. The molecular weight excluding hydrogens is 242 g/mol. The van der Waals surface area contributed by atoms with E-state index < -0.39 is 0 Å². The Morgan fingerprint density at radius 1 is 1.06 bits per heavy atom. The normalized spacial score (nSPS) is 10.7. The summed E-state index contributed by atoms with van der Waals surface area (Å²) in [4.78, 5) is 0.409. The van der Waals surface area contributed by atoms with Crippen molar-refractivity contribution >= 4 is 28.1 Å². The first kappa shape index (κ1) is 10.9. The lowest BCUT2D eigenvalue weighted by atomic mass is 10.2. The Bertz CT molecular complexity index is 713. The highest BCUT2D eigenvalue weighted by Crippen LogP contribution is 2.18. The molecule has 3 aromatic rings. The van der Waals surface area contributed by atoms with Crippen LogP contribution in [0.4, 0.5) is 0 Å². The summed E-state index contributed by atoms with van der Waals surface area (Å²) in [6, 6.07) is 15.9. The standard InChI is InChI=1S/C14H11N3S/c15-14(18)10-5-7-12(8-6-10)17-13-4-2-1-3-11(13)9-16-17/h1-9H,(H2,15,18). The summed E-state index contributed by atoms with van der Waals surface area (Å²) >= 11 is 4.94. The highest BCUT2D eigenvalue weighted by atomic mass is 32.1. The van der Waals surface area contributed by atoms with Gasteiger partial charge < -0.3 is 5.73 Å². The van der Waals surface area contributed by atoms with Crippen LogP contribution in [0.2, 0.25) is 0 Å². The Labute approximate surface area is 110 Å². The lowest BCUT2D eigenvalue weighted by Gasteiger charge is -2.04. The molecule has 4 heteroatoms. The quantitative estimate of drug-likeness (QED) is 0.714. The molecule has 1 aromatic heterocycles. The average Bonchev–Trinajstić information content (AvgIpc) is 2.82. The van der Waals surface area contributed by atoms with Crippen molar-refractivity contribution < 1.29 is 0 Å². The molecule has 0 atom stereocenters. The average molecular weight is 253 g/mol. The van der Waals surface area contributed by atoms with Gasteiger partial charge in [0.25, 0.3) is 0 Å². The van der Waals surface area contributed by atoms with Crippen LogP contribution in [0.3, 0.4) is 0 Å². The van der Waals surface area contributed by atoms with Gasteiger partial charge in [0.15, 0.2) is 0 Å². The Kier molecular flexibility index (Phi) is 2.57. The van der Waals surface area contributed by atoms with Crippen molar-refractivity contribution in [1.82, 2.24) is 9.78 Å². The summed E-state index contributed by atoms with van der Waals surface area (Å²) in [6.07, 6.45) is 1.86. The molecule has 0 radical (unpaired) electrons. The number of fused-ring (bicyclic) bond motifs is 1. The van der Waals surface area contributed by atoms with Gasteiger partial charge in [0, 0.05) is 10.9 Å². The van der Waals surface area contributed by atoms with Crippen LogP contribution in [-0.2, 0) is 0 Å². The minimum atomic E-state index is 0.409. The second-order valence-electron chi connectivity index (χ2n) is 4.03. The van der Waals surface area contributed by atoms with Gasteiger partial charge in [0.1, 0.15) is 4.99 Å². The summed E-state index contributed by atoms with van der Waals surface area (Å²) in [7, 11) is 0. The van der Waals surface area contributed by atoms with E-state index in [1.54, 1.807) is 0 Å². The van der Waals surface area contributed by atoms with Crippen LogP contribution in [0.25, 0.3) is 16.6 Å². The molecule has 0 spiro atoms. The topological polar surface area (TPSA) is 43.8 Å². The zero-order valence-corrected chi connectivity index (χ0v) is 10.4. The maximum Gasteiger partial charge on any atom is 0.103 e. The van der Waals surface area contributed by atoms with Crippen molar-refractivity contribution in [3.05, 3.63) is 60.3 Å². The molecule has 0 unspecified atom stereocenters. The van der Waals surface area contributed by atoms with Crippen molar-refractivity contribution in [1.29, 1.82) is 0 Å². The van der Waals surface area contributed by atoms with E-state index in [1.165, 1.54) is 0 Å². The van der Waals surface area contributed by atoms with Gasteiger partial charge >= 0.3 is 0 Å². The van der Waals surface area contributed by atoms with Crippen molar-refractivity contribution in [3.63, 3.8) is 0 Å². The van der Waals surface area contributed by atoms with E-state index >= 15 is 0 Å². The number of nitrogens with zero attached hydrogens (tertiary/aromatic N) is 2. The summed E-state index contributed by atoms with van der Waals surface area (Å²) < 4.78 is 1.90. The van der Waals surface area contributed by atoms with Crippen LogP contribution in [0, 0.1) is 0 Å². The van der Waals surface area contributed by atoms with E-state index in [1.807, 2.05) is 59.4 Å². The Morgan fingerprint density at radius 3 is 2.50 bits per heavy atom. The molecule has 0 amide bonds. The van der Waals surface area contributed by atoms with E-state index in [0.717, 1.165) is 22.2 Å². The minimum Gasteiger partial charge on any atom is -0.389 e. The van der Waals surface area contributed by atoms with E-state index in [9.17, 15) is 0 Å². The number of nitrogens with two attached hydrogens (primary N) is 1. The van der Waals surface area contributed by atoms with Crippen LogP contribution in [-0.4, -0.2) is 14.8 Å². The van der Waals surface area contributed by atoms with Crippen LogP contribution >= 0.6 is 12.2 Å². The first-order valence-corrected chi connectivity index (χ1v) is 5.99. The molecule has 1 heterocycles. The SMILES string of the molecule is NC(=S)c1ccc(-n2ncc3ccccc32)cc1. The van der Waals surface area contributed by atoms with Crippen LogP contribution in [0.5, 0.6) is 0 Å². The fourth-order valence-corrected chi connectivity index (χ4v) is 2.08. The number of benzene rings is 2. The number of thiocarbonyl (C=S) groups is 1. The van der Waals surface area contributed by atoms with E-state index in [0.29, 0.717) is 4.99 Å². The van der Waals surface area contributed by atoms with E-state index in [2.05, 4.69) is 5.10 Å². The number of hydrogen-bond donors (Lipinski definition) is 1. The highest BCUT2D eigenvalue weighted by Gasteiger charge is 2.04. The Morgan fingerprint density at radius 2 is 1.78 bits per heavy atom. The predicted octanol–water partition coefficient (Wildman–Crippen LogP) is 2.66. The molecule has 2 N–H and O–H groups in total. The van der Waals surface area contributed by atoms with Crippen LogP contribution < -0.4 is 5.73 Å². The van der Waals surface area contributed by atoms with Crippen molar-refractivity contribution in [2.75, 3.05) is 0 Å². The number of hydrogen-bond acceptors (Lipinski definition) is 2. The summed E-state index contributed by atoms with van der Waals surface area (Å²) in [6.45, 7) is 0. The van der Waals surface area contributed by atoms with Crippen LogP contribution in [0.1, 0.15) is 5.56 Å². The maximum atomic E-state index is 5.58. The smallest absolute Gasteiger partial charge is 0.103 e. The summed E-state index contributed by atoms with van der Waals surface area (Å²) in [5.74, 6) is 0. The third kappa shape index (κ3) is 1.76. The molecule has 3 rings (SSSR count). The second-order valence-corrected chi connectivity index (χ2v) is 4.47. The zero-order chi connectivity index (χ0) is 12.5. The predicted molar refractivity (Wildman–Crippen MR) is 77.0 cm³/mol. The minimum absolute atomic E-state index is 0.409. The molecule has 0 aliphatic rings. The molecule has 0 aliphatic carbocycles. The molecule has 2 aromatic carbocycles. The molecule has 0 saturated carbocycles. The lowest BCUT2D eigenvalue weighted by Crippen LogP contribution is -2.09. The van der Waals surface area contributed by atoms with Crippen molar-refractivity contribution in [2.45, 2.75) is 0 Å². The molecule has 88 valence electrons. The molecule has 18 heavy (non-hydrogen) atoms. The molecule has 0 aliphatic heterocycles. The van der Waals surface area contributed by atoms with E-state index in [-0.39, 0.29) is 0 Å². The Hall–Kier alpha value is -2.20. The molecule has 3 nitrogen and oxygen atoms in total. The molecule has 0 saturated heterocycles. The molecule has 0 fully saturated rings. The number of rotatable bonds is 2. The summed E-state index contributed by atoms with van der Waals surface area (Å²) in [5.41, 5.74) is 8.53. The van der Waals surface area contributed by atoms with Gasteiger partial charge in [0.05, 0.1) is 17.4 Å². The maximum absolute atomic E-state index is 5.58.